The van der Waals surface area contributed by atoms with E-state index in [2.05, 4.69) is 20.0 Å². The van der Waals surface area contributed by atoms with Gasteiger partial charge in [0.1, 0.15) is 0 Å². The van der Waals surface area contributed by atoms with E-state index in [1.54, 1.807) is 0 Å². The molecule has 86 valence electrons. The highest BCUT2D eigenvalue weighted by atomic mass is 28.3. The average Bonchev–Trinajstić information content (AvgIpc) is 2.15. The topological polar surface area (TPSA) is 9.23 Å². The van der Waals surface area contributed by atoms with Crippen LogP contribution in [-0.2, 0) is 4.74 Å². The Morgan fingerprint density at radius 3 is 2.07 bits per heavy atom. The van der Waals surface area contributed by atoms with E-state index < -0.39 is 0 Å². The van der Waals surface area contributed by atoms with Crippen molar-refractivity contribution in [1.82, 2.24) is 0 Å². The Kier molecular flexibility index (Phi) is 11.4. The molecule has 0 saturated carbocycles. The summed E-state index contributed by atoms with van der Waals surface area (Å²) in [5.41, 5.74) is 0. The van der Waals surface area contributed by atoms with E-state index in [-0.39, 0.29) is 8.80 Å². The predicted molar refractivity (Wildman–Crippen MR) is 67.9 cm³/mol. The molecule has 0 spiro atoms. The summed E-state index contributed by atoms with van der Waals surface area (Å²) in [4.78, 5) is 0. The van der Waals surface area contributed by atoms with E-state index in [4.69, 9.17) is 4.74 Å². The molecule has 2 heteroatoms. The molecule has 0 aromatic carbocycles. The molecule has 1 nitrogen and oxygen atoms in total. The quantitative estimate of drug-likeness (QED) is 0.398. The fourth-order valence-electron chi connectivity index (χ4n) is 1.49. The van der Waals surface area contributed by atoms with Gasteiger partial charge < -0.3 is 4.74 Å². The number of hydrogen-bond acceptors (Lipinski definition) is 1. The van der Waals surface area contributed by atoms with E-state index in [1.165, 1.54) is 44.6 Å². The van der Waals surface area contributed by atoms with Gasteiger partial charge in [-0.2, -0.15) is 0 Å². The molecule has 0 N–H and O–H groups in total. The summed E-state index contributed by atoms with van der Waals surface area (Å²) in [5.74, 6) is 0. The molecule has 0 atom stereocenters. The molecule has 0 aliphatic heterocycles. The normalized spacial score (nSPS) is 11.1. The van der Waals surface area contributed by atoms with E-state index in [9.17, 15) is 0 Å². The third-order valence-electron chi connectivity index (χ3n) is 2.46. The highest BCUT2D eigenvalue weighted by Gasteiger charge is 1.95. The molecule has 0 fully saturated rings. The molecule has 0 aromatic heterocycles. The van der Waals surface area contributed by atoms with Gasteiger partial charge >= 0.3 is 0 Å². The third kappa shape index (κ3) is 12.2. The first-order chi connectivity index (χ1) is 6.77. The Morgan fingerprint density at radius 1 is 0.857 bits per heavy atom. The first-order valence-electron chi connectivity index (χ1n) is 6.35. The first kappa shape index (κ1) is 14.2. The lowest BCUT2D eigenvalue weighted by molar-refractivity contribution is 0.127. The second-order valence-corrected chi connectivity index (χ2v) is 7.93. The standard InChI is InChI=1S/C12H28OSi/c1-4-5-6-7-10-13-11-8-9-12-14(2)3/h14H,4-12H2,1-3H3. The van der Waals surface area contributed by atoms with E-state index >= 15 is 0 Å². The third-order valence-corrected chi connectivity index (χ3v) is 4.03. The van der Waals surface area contributed by atoms with Crippen LogP contribution in [0.5, 0.6) is 0 Å². The van der Waals surface area contributed by atoms with Crippen molar-refractivity contribution in [1.29, 1.82) is 0 Å². The molecule has 0 aromatic rings. The molecule has 0 radical (unpaired) electrons. The fourth-order valence-corrected chi connectivity index (χ4v) is 2.59. The molecule has 0 saturated heterocycles. The highest BCUT2D eigenvalue weighted by Crippen LogP contribution is 2.03. The van der Waals surface area contributed by atoms with Crippen molar-refractivity contribution in [3.8, 4) is 0 Å². The van der Waals surface area contributed by atoms with Crippen LogP contribution < -0.4 is 0 Å². The smallest absolute Gasteiger partial charge is 0.0466 e. The first-order valence-corrected chi connectivity index (χ1v) is 9.47. The van der Waals surface area contributed by atoms with Gasteiger partial charge in [0.2, 0.25) is 0 Å². The lowest BCUT2D eigenvalue weighted by atomic mass is 10.2. The number of hydrogen-bond donors (Lipinski definition) is 0. The molecule has 0 unspecified atom stereocenters. The molecule has 0 bridgehead atoms. The maximum atomic E-state index is 5.58. The average molecular weight is 216 g/mol. The van der Waals surface area contributed by atoms with Crippen LogP contribution in [0, 0.1) is 0 Å². The molecular weight excluding hydrogens is 188 g/mol. The Labute approximate surface area is 91.8 Å². The molecule has 0 amide bonds. The summed E-state index contributed by atoms with van der Waals surface area (Å²) in [7, 11) is -0.300. The lowest BCUT2D eigenvalue weighted by Crippen LogP contribution is -2.01. The zero-order valence-electron chi connectivity index (χ0n) is 10.3. The van der Waals surface area contributed by atoms with Gasteiger partial charge in [-0.3, -0.25) is 0 Å². The van der Waals surface area contributed by atoms with Gasteiger partial charge in [-0.25, -0.2) is 0 Å². The molecule has 0 aliphatic carbocycles. The Bertz CT molecular complexity index is 104. The van der Waals surface area contributed by atoms with Crippen molar-refractivity contribution in [2.45, 2.75) is 64.6 Å². The minimum absolute atomic E-state index is 0.300. The van der Waals surface area contributed by atoms with Gasteiger partial charge in [0.05, 0.1) is 0 Å². The van der Waals surface area contributed by atoms with E-state index in [1.807, 2.05) is 0 Å². The number of rotatable bonds is 10. The predicted octanol–water partition coefficient (Wildman–Crippen LogP) is 3.85. The Balaban J connectivity index is 2.85. The fraction of sp³-hybridized carbons (Fsp3) is 1.00. The molecule has 0 aliphatic rings. The van der Waals surface area contributed by atoms with Crippen LogP contribution in [-0.4, -0.2) is 22.0 Å². The summed E-state index contributed by atoms with van der Waals surface area (Å²) in [6.45, 7) is 9.07. The lowest BCUT2D eigenvalue weighted by Gasteiger charge is -2.05. The second-order valence-electron chi connectivity index (χ2n) is 4.56. The van der Waals surface area contributed by atoms with Gasteiger partial charge in [0.25, 0.3) is 0 Å². The highest BCUT2D eigenvalue weighted by molar-refractivity contribution is 6.55. The van der Waals surface area contributed by atoms with Crippen LogP contribution in [0.3, 0.4) is 0 Å². The van der Waals surface area contributed by atoms with Crippen molar-refractivity contribution in [2.75, 3.05) is 13.2 Å². The summed E-state index contributed by atoms with van der Waals surface area (Å²) >= 11 is 0. The number of unbranched alkanes of at least 4 members (excludes halogenated alkanes) is 4. The molecule has 0 heterocycles. The van der Waals surface area contributed by atoms with Crippen molar-refractivity contribution in [3.05, 3.63) is 0 Å². The number of ether oxygens (including phenoxy) is 1. The van der Waals surface area contributed by atoms with E-state index in [0.29, 0.717) is 0 Å². The minimum atomic E-state index is -0.300. The van der Waals surface area contributed by atoms with E-state index in [0.717, 1.165) is 13.2 Å². The Morgan fingerprint density at radius 2 is 1.50 bits per heavy atom. The summed E-state index contributed by atoms with van der Waals surface area (Å²) in [5, 5.41) is 0. The van der Waals surface area contributed by atoms with Crippen molar-refractivity contribution in [2.24, 2.45) is 0 Å². The maximum absolute atomic E-state index is 5.58. The molecule has 0 rings (SSSR count). The minimum Gasteiger partial charge on any atom is -0.381 e. The summed E-state index contributed by atoms with van der Waals surface area (Å²) < 4.78 is 5.58. The van der Waals surface area contributed by atoms with Gasteiger partial charge in [-0.15, -0.1) is 0 Å². The van der Waals surface area contributed by atoms with Crippen LogP contribution in [0.25, 0.3) is 0 Å². The molecular formula is C12H28OSi. The van der Waals surface area contributed by atoms with Crippen molar-refractivity contribution in [3.63, 3.8) is 0 Å². The van der Waals surface area contributed by atoms with Crippen LogP contribution in [0.4, 0.5) is 0 Å². The van der Waals surface area contributed by atoms with Crippen molar-refractivity contribution >= 4 is 8.80 Å². The van der Waals surface area contributed by atoms with Gasteiger partial charge in [0.15, 0.2) is 0 Å². The zero-order chi connectivity index (χ0) is 10.6. The van der Waals surface area contributed by atoms with Crippen LogP contribution in [0.15, 0.2) is 0 Å². The maximum Gasteiger partial charge on any atom is 0.0466 e. The zero-order valence-corrected chi connectivity index (χ0v) is 11.5. The largest absolute Gasteiger partial charge is 0.381 e. The van der Waals surface area contributed by atoms with Gasteiger partial charge in [0, 0.05) is 22.0 Å². The SMILES string of the molecule is CCCCCCOCCCC[SiH](C)C. The molecule has 14 heavy (non-hydrogen) atoms. The summed E-state index contributed by atoms with van der Waals surface area (Å²) in [6, 6.07) is 1.49. The van der Waals surface area contributed by atoms with Gasteiger partial charge in [-0.05, 0) is 12.8 Å². The summed E-state index contributed by atoms with van der Waals surface area (Å²) in [6.07, 6.45) is 7.95. The van der Waals surface area contributed by atoms with Crippen molar-refractivity contribution < 1.29 is 4.74 Å². The van der Waals surface area contributed by atoms with Crippen LogP contribution in [0.2, 0.25) is 19.1 Å². The van der Waals surface area contributed by atoms with Gasteiger partial charge in [-0.1, -0.05) is 51.7 Å². The second kappa shape index (κ2) is 11.3. The van der Waals surface area contributed by atoms with Crippen LogP contribution >= 0.6 is 0 Å². The monoisotopic (exact) mass is 216 g/mol. The van der Waals surface area contributed by atoms with Crippen LogP contribution in [0.1, 0.15) is 45.4 Å². The Hall–Kier alpha value is 0.177.